The van der Waals surface area contributed by atoms with Crippen molar-refractivity contribution in [1.29, 1.82) is 0 Å². The summed E-state index contributed by atoms with van der Waals surface area (Å²) < 4.78 is 14.7. The lowest BCUT2D eigenvalue weighted by molar-refractivity contribution is -0.118. The molecule has 5 nitrogen and oxygen atoms in total. The Kier molecular flexibility index (Phi) is 7.46. The molecule has 1 N–H and O–H groups in total. The van der Waals surface area contributed by atoms with Crippen molar-refractivity contribution in [1.82, 2.24) is 14.9 Å². The van der Waals surface area contributed by atoms with E-state index >= 15 is 0 Å². The summed E-state index contributed by atoms with van der Waals surface area (Å²) in [6.45, 7) is 2.32. The molecule has 0 radical (unpaired) electrons. The fraction of sp³-hybridized carbons (Fsp3) is 0.296. The number of carbonyl (C=O) groups is 1. The number of hydrogen-bond donors (Lipinski definition) is 1. The smallest absolute Gasteiger partial charge is 0.267 e. The van der Waals surface area contributed by atoms with Crippen LogP contribution < -0.4 is 10.9 Å². The summed E-state index contributed by atoms with van der Waals surface area (Å²) in [5.41, 5.74) is 3.43. The van der Waals surface area contributed by atoms with Crippen molar-refractivity contribution in [3.63, 3.8) is 0 Å². The second kappa shape index (κ2) is 10.7. The number of aryl methyl sites for hydroxylation is 2. The first-order valence-corrected chi connectivity index (χ1v) is 14.1. The van der Waals surface area contributed by atoms with Crippen molar-refractivity contribution in [2.24, 2.45) is 0 Å². The third-order valence-electron chi connectivity index (χ3n) is 6.42. The lowest BCUT2D eigenvalue weighted by Gasteiger charge is -2.16. The van der Waals surface area contributed by atoms with Crippen molar-refractivity contribution < 1.29 is 9.18 Å². The summed E-state index contributed by atoms with van der Waals surface area (Å²) in [5, 5.41) is 4.64. The normalized spacial score (nSPS) is 13.1. The Balaban J connectivity index is 1.42. The van der Waals surface area contributed by atoms with Crippen LogP contribution in [0.5, 0.6) is 0 Å². The molecule has 186 valence electrons. The summed E-state index contributed by atoms with van der Waals surface area (Å²) in [7, 11) is 0. The zero-order valence-corrected chi connectivity index (χ0v) is 22.2. The maximum atomic E-state index is 13.9. The van der Waals surface area contributed by atoms with Crippen molar-refractivity contribution >= 4 is 50.8 Å². The van der Waals surface area contributed by atoms with Crippen molar-refractivity contribution in [3.05, 3.63) is 85.2 Å². The van der Waals surface area contributed by atoms with Gasteiger partial charge in [-0.05, 0) is 80.0 Å². The standard InChI is InChI=1S/C27H25ClFN3O2S2/c1-16-20(28)6-4-7-21(16)32-26(34)24-19-5-2-3-8-22(19)36-25(24)31-27(32)35-15-23(33)30-14-13-17-9-11-18(29)12-10-17/h4,6-7,9-12H,2-3,5,8,13-15H2,1H3,(H,30,33). The van der Waals surface area contributed by atoms with Gasteiger partial charge in [-0.1, -0.05) is 41.6 Å². The Morgan fingerprint density at radius 3 is 2.78 bits per heavy atom. The van der Waals surface area contributed by atoms with Gasteiger partial charge in [0, 0.05) is 16.4 Å². The molecule has 2 aromatic carbocycles. The monoisotopic (exact) mass is 541 g/mol. The second-order valence-corrected chi connectivity index (χ2v) is 11.3. The summed E-state index contributed by atoms with van der Waals surface area (Å²) in [6, 6.07) is 11.7. The van der Waals surface area contributed by atoms with E-state index in [2.05, 4.69) is 5.32 Å². The number of nitrogens with one attached hydrogen (secondary N) is 1. The predicted molar refractivity (Wildman–Crippen MR) is 145 cm³/mol. The van der Waals surface area contributed by atoms with Crippen LogP contribution in [0.4, 0.5) is 4.39 Å². The predicted octanol–water partition coefficient (Wildman–Crippen LogP) is 5.88. The summed E-state index contributed by atoms with van der Waals surface area (Å²) in [5.74, 6) is -0.320. The van der Waals surface area contributed by atoms with Crippen LogP contribution in [0, 0.1) is 12.7 Å². The Hall–Kier alpha value is -2.68. The van der Waals surface area contributed by atoms with Crippen molar-refractivity contribution in [2.45, 2.75) is 44.2 Å². The molecule has 36 heavy (non-hydrogen) atoms. The number of nitrogens with zero attached hydrogens (tertiary/aromatic N) is 2. The van der Waals surface area contributed by atoms with Crippen molar-refractivity contribution in [2.75, 3.05) is 12.3 Å². The number of fused-ring (bicyclic) bond motifs is 3. The largest absolute Gasteiger partial charge is 0.355 e. The molecule has 0 aliphatic heterocycles. The van der Waals surface area contributed by atoms with Gasteiger partial charge in [-0.25, -0.2) is 9.37 Å². The maximum Gasteiger partial charge on any atom is 0.267 e. The van der Waals surface area contributed by atoms with E-state index in [1.54, 1.807) is 34.1 Å². The Morgan fingerprint density at radius 1 is 1.19 bits per heavy atom. The lowest BCUT2D eigenvalue weighted by atomic mass is 9.97. The van der Waals surface area contributed by atoms with Crippen LogP contribution in [-0.4, -0.2) is 27.8 Å². The van der Waals surface area contributed by atoms with Crippen LogP contribution in [-0.2, 0) is 24.1 Å². The topological polar surface area (TPSA) is 64.0 Å². The van der Waals surface area contributed by atoms with E-state index in [1.807, 2.05) is 19.1 Å². The van der Waals surface area contributed by atoms with Crippen LogP contribution >= 0.6 is 34.7 Å². The number of thioether (sulfide) groups is 1. The number of aromatic nitrogens is 2. The first-order valence-electron chi connectivity index (χ1n) is 11.9. The third-order valence-corrected chi connectivity index (χ3v) is 8.95. The highest BCUT2D eigenvalue weighted by atomic mass is 35.5. The Labute approximate surface area is 221 Å². The van der Waals surface area contributed by atoms with E-state index in [9.17, 15) is 14.0 Å². The molecule has 1 amide bonds. The van der Waals surface area contributed by atoms with Gasteiger partial charge >= 0.3 is 0 Å². The number of rotatable bonds is 7. The summed E-state index contributed by atoms with van der Waals surface area (Å²) in [6.07, 6.45) is 4.67. The highest BCUT2D eigenvalue weighted by molar-refractivity contribution is 7.99. The maximum absolute atomic E-state index is 13.9. The van der Waals surface area contributed by atoms with Crippen LogP contribution in [0.15, 0.2) is 52.4 Å². The quantitative estimate of drug-likeness (QED) is 0.234. The van der Waals surface area contributed by atoms with Gasteiger partial charge in [0.05, 0.1) is 16.8 Å². The molecule has 0 spiro atoms. The molecule has 0 saturated carbocycles. The molecular formula is C27H25ClFN3O2S2. The first-order chi connectivity index (χ1) is 17.4. The molecule has 1 aliphatic rings. The highest BCUT2D eigenvalue weighted by Gasteiger charge is 2.24. The van der Waals surface area contributed by atoms with E-state index in [0.717, 1.165) is 47.2 Å². The Bertz CT molecular complexity index is 1500. The molecule has 1 aliphatic carbocycles. The SMILES string of the molecule is Cc1c(Cl)cccc1-n1c(SCC(=O)NCCc2ccc(F)cc2)nc2sc3c(c2c1=O)CCCC3. The molecule has 0 unspecified atom stereocenters. The molecule has 4 aromatic rings. The first kappa shape index (κ1) is 25.0. The van der Waals surface area contributed by atoms with Gasteiger partial charge in [-0.2, -0.15) is 0 Å². The van der Waals surface area contributed by atoms with Crippen LogP contribution in [0.25, 0.3) is 15.9 Å². The van der Waals surface area contributed by atoms with E-state index in [4.69, 9.17) is 16.6 Å². The second-order valence-electron chi connectivity index (χ2n) is 8.83. The lowest BCUT2D eigenvalue weighted by Crippen LogP contribution is -2.28. The number of halogens is 2. The number of carbonyl (C=O) groups excluding carboxylic acids is 1. The zero-order valence-electron chi connectivity index (χ0n) is 19.8. The van der Waals surface area contributed by atoms with Gasteiger partial charge in [0.15, 0.2) is 5.16 Å². The van der Waals surface area contributed by atoms with Gasteiger partial charge in [-0.15, -0.1) is 11.3 Å². The Morgan fingerprint density at radius 2 is 1.97 bits per heavy atom. The van der Waals surface area contributed by atoms with E-state index in [-0.39, 0.29) is 23.0 Å². The molecule has 0 bridgehead atoms. The summed E-state index contributed by atoms with van der Waals surface area (Å²) >= 11 is 9.24. The van der Waals surface area contributed by atoms with Gasteiger partial charge in [-0.3, -0.25) is 14.2 Å². The number of thiophene rings is 1. The van der Waals surface area contributed by atoms with Gasteiger partial charge in [0.2, 0.25) is 5.91 Å². The number of amides is 1. The molecule has 2 aromatic heterocycles. The fourth-order valence-corrected chi connectivity index (χ4v) is 6.82. The van der Waals surface area contributed by atoms with E-state index in [1.165, 1.54) is 28.8 Å². The van der Waals surface area contributed by atoms with Gasteiger partial charge in [0.1, 0.15) is 10.6 Å². The molecule has 0 atom stereocenters. The van der Waals surface area contributed by atoms with Crippen molar-refractivity contribution in [3.8, 4) is 5.69 Å². The van der Waals surface area contributed by atoms with Crippen LogP contribution in [0.1, 0.15) is 34.4 Å². The minimum atomic E-state index is -0.281. The molecule has 0 saturated heterocycles. The van der Waals surface area contributed by atoms with E-state index < -0.39 is 0 Å². The number of hydrogen-bond acceptors (Lipinski definition) is 5. The average Bonchev–Trinajstić information content (AvgIpc) is 3.25. The minimum Gasteiger partial charge on any atom is -0.355 e. The van der Waals surface area contributed by atoms with Gasteiger partial charge < -0.3 is 5.32 Å². The highest BCUT2D eigenvalue weighted by Crippen LogP contribution is 2.35. The summed E-state index contributed by atoms with van der Waals surface area (Å²) in [4.78, 5) is 33.4. The number of benzene rings is 2. The van der Waals surface area contributed by atoms with Gasteiger partial charge in [0.25, 0.3) is 5.56 Å². The minimum absolute atomic E-state index is 0.107. The fourth-order valence-electron chi connectivity index (χ4n) is 4.51. The van der Waals surface area contributed by atoms with Crippen LogP contribution in [0.3, 0.4) is 0 Å². The third kappa shape index (κ3) is 5.08. The molecular weight excluding hydrogens is 517 g/mol. The average molecular weight is 542 g/mol. The van der Waals surface area contributed by atoms with E-state index in [0.29, 0.717) is 34.2 Å². The zero-order chi connectivity index (χ0) is 25.2. The van der Waals surface area contributed by atoms with Crippen LogP contribution in [0.2, 0.25) is 5.02 Å². The molecule has 5 rings (SSSR count). The molecule has 9 heteroatoms. The molecule has 2 heterocycles. The molecule has 0 fully saturated rings.